The maximum absolute atomic E-state index is 7.82. The highest BCUT2D eigenvalue weighted by Gasteiger charge is 2.00. The Morgan fingerprint density at radius 2 is 1.50 bits per heavy atom. The zero-order valence-electron chi connectivity index (χ0n) is 9.80. The van der Waals surface area contributed by atoms with Gasteiger partial charge in [-0.05, 0) is 12.1 Å². The third-order valence-corrected chi connectivity index (χ3v) is 2.33. The normalized spacial score (nSPS) is 11.0. The van der Waals surface area contributed by atoms with Crippen molar-refractivity contribution in [2.24, 2.45) is 10.7 Å². The van der Waals surface area contributed by atoms with Crippen molar-refractivity contribution in [3.05, 3.63) is 66.2 Å². The van der Waals surface area contributed by atoms with Crippen LogP contribution in [0.5, 0.6) is 0 Å². The van der Waals surface area contributed by atoms with Crippen molar-refractivity contribution in [2.45, 2.75) is 0 Å². The molecule has 0 aliphatic carbocycles. The standard InChI is InChI=1S/C14H14N4/c15-13(11-7-3-1-4-8-11)18-14(16)17-12-9-5-2-6-10-12/h1-10H,(H4,15,16,17,18). The average Bonchev–Trinajstić information content (AvgIpc) is 2.40. The number of amidine groups is 1. The van der Waals surface area contributed by atoms with Crippen LogP contribution in [0.4, 0.5) is 5.69 Å². The second-order valence-corrected chi connectivity index (χ2v) is 3.70. The van der Waals surface area contributed by atoms with E-state index in [0.29, 0.717) is 0 Å². The largest absolute Gasteiger partial charge is 0.369 e. The first-order valence-corrected chi connectivity index (χ1v) is 5.56. The minimum atomic E-state index is 0.136. The second kappa shape index (κ2) is 5.63. The van der Waals surface area contributed by atoms with Gasteiger partial charge in [0.1, 0.15) is 0 Å². The molecule has 0 atom stereocenters. The van der Waals surface area contributed by atoms with E-state index in [9.17, 15) is 0 Å². The van der Waals surface area contributed by atoms with E-state index in [2.05, 4.69) is 10.3 Å². The van der Waals surface area contributed by atoms with Crippen LogP contribution in [0, 0.1) is 5.41 Å². The van der Waals surface area contributed by atoms with E-state index in [1.54, 1.807) is 0 Å². The Labute approximate surface area is 106 Å². The van der Waals surface area contributed by atoms with Gasteiger partial charge in [-0.15, -0.1) is 0 Å². The fourth-order valence-electron chi connectivity index (χ4n) is 1.48. The van der Waals surface area contributed by atoms with Crippen LogP contribution in [0.1, 0.15) is 5.56 Å². The summed E-state index contributed by atoms with van der Waals surface area (Å²) in [5.41, 5.74) is 7.32. The molecule has 0 fully saturated rings. The summed E-state index contributed by atoms with van der Waals surface area (Å²) < 4.78 is 0. The maximum atomic E-state index is 7.82. The van der Waals surface area contributed by atoms with E-state index in [-0.39, 0.29) is 11.8 Å². The third kappa shape index (κ3) is 3.18. The monoisotopic (exact) mass is 238 g/mol. The fraction of sp³-hybridized carbons (Fsp3) is 0. The molecule has 0 amide bonds. The van der Waals surface area contributed by atoms with Gasteiger partial charge >= 0.3 is 0 Å². The van der Waals surface area contributed by atoms with Crippen molar-refractivity contribution in [1.29, 1.82) is 5.41 Å². The lowest BCUT2D eigenvalue weighted by molar-refractivity contribution is 1.39. The first-order valence-electron chi connectivity index (χ1n) is 5.56. The zero-order valence-corrected chi connectivity index (χ0v) is 9.80. The molecule has 2 aromatic carbocycles. The Balaban J connectivity index is 2.07. The predicted octanol–water partition coefficient (Wildman–Crippen LogP) is 2.44. The topological polar surface area (TPSA) is 74.3 Å². The van der Waals surface area contributed by atoms with Crippen LogP contribution >= 0.6 is 0 Å². The molecule has 4 N–H and O–H groups in total. The molecule has 0 radical (unpaired) electrons. The highest BCUT2D eigenvalue weighted by atomic mass is 15.1. The van der Waals surface area contributed by atoms with Gasteiger partial charge in [0.25, 0.3) is 0 Å². The molecule has 0 saturated heterocycles. The molecule has 0 saturated carbocycles. The molecule has 0 unspecified atom stereocenters. The van der Waals surface area contributed by atoms with Crippen molar-refractivity contribution in [2.75, 3.05) is 5.32 Å². The number of hydrogen-bond donors (Lipinski definition) is 3. The third-order valence-electron chi connectivity index (χ3n) is 2.33. The van der Waals surface area contributed by atoms with Gasteiger partial charge in [0.2, 0.25) is 0 Å². The van der Waals surface area contributed by atoms with E-state index in [1.165, 1.54) is 0 Å². The van der Waals surface area contributed by atoms with E-state index in [1.807, 2.05) is 60.7 Å². The lowest BCUT2D eigenvalue weighted by atomic mass is 10.2. The van der Waals surface area contributed by atoms with Crippen molar-refractivity contribution in [1.82, 2.24) is 0 Å². The number of aliphatic imine (C=N–C) groups is 1. The van der Waals surface area contributed by atoms with Crippen LogP contribution < -0.4 is 11.1 Å². The first-order chi connectivity index (χ1) is 8.75. The molecule has 90 valence electrons. The number of guanidine groups is 1. The van der Waals surface area contributed by atoms with E-state index < -0.39 is 0 Å². The molecule has 2 aromatic rings. The molecule has 0 spiro atoms. The van der Waals surface area contributed by atoms with Crippen molar-refractivity contribution in [3.8, 4) is 0 Å². The van der Waals surface area contributed by atoms with Gasteiger partial charge < -0.3 is 11.1 Å². The minimum absolute atomic E-state index is 0.136. The highest BCUT2D eigenvalue weighted by molar-refractivity contribution is 6.07. The average molecular weight is 238 g/mol. The van der Waals surface area contributed by atoms with Crippen LogP contribution in [0.15, 0.2) is 65.7 Å². The first kappa shape index (κ1) is 11.9. The Morgan fingerprint density at radius 3 is 2.11 bits per heavy atom. The van der Waals surface area contributed by atoms with Crippen molar-refractivity contribution in [3.63, 3.8) is 0 Å². The van der Waals surface area contributed by atoms with Crippen molar-refractivity contribution < 1.29 is 0 Å². The summed E-state index contributed by atoms with van der Waals surface area (Å²) in [5.74, 6) is 0.339. The minimum Gasteiger partial charge on any atom is -0.369 e. The Hall–Kier alpha value is -2.62. The maximum Gasteiger partial charge on any atom is 0.199 e. The van der Waals surface area contributed by atoms with E-state index >= 15 is 0 Å². The molecule has 4 nitrogen and oxygen atoms in total. The quantitative estimate of drug-likeness (QED) is 0.555. The fourth-order valence-corrected chi connectivity index (χ4v) is 1.48. The molecule has 0 aliphatic rings. The number of benzene rings is 2. The smallest absolute Gasteiger partial charge is 0.199 e. The van der Waals surface area contributed by atoms with Crippen LogP contribution in [-0.2, 0) is 0 Å². The van der Waals surface area contributed by atoms with Crippen molar-refractivity contribution >= 4 is 17.5 Å². The summed E-state index contributed by atoms with van der Waals surface area (Å²) in [6, 6.07) is 18.7. The summed E-state index contributed by atoms with van der Waals surface area (Å²) in [6.07, 6.45) is 0. The van der Waals surface area contributed by atoms with Gasteiger partial charge in [-0.1, -0.05) is 48.5 Å². The molecule has 0 heterocycles. The van der Waals surface area contributed by atoms with Gasteiger partial charge in [-0.25, -0.2) is 0 Å². The van der Waals surface area contributed by atoms with Gasteiger partial charge in [0.15, 0.2) is 11.8 Å². The molecule has 18 heavy (non-hydrogen) atoms. The lowest BCUT2D eigenvalue weighted by Gasteiger charge is -2.05. The summed E-state index contributed by atoms with van der Waals surface area (Å²) in [7, 11) is 0. The van der Waals surface area contributed by atoms with E-state index in [4.69, 9.17) is 11.1 Å². The number of anilines is 1. The summed E-state index contributed by atoms with van der Waals surface area (Å²) in [6.45, 7) is 0. The van der Waals surface area contributed by atoms with Crippen LogP contribution in [0.25, 0.3) is 0 Å². The van der Waals surface area contributed by atoms with Gasteiger partial charge in [0, 0.05) is 11.3 Å². The Kier molecular flexibility index (Phi) is 3.71. The molecular weight excluding hydrogens is 224 g/mol. The zero-order chi connectivity index (χ0) is 12.8. The Bertz CT molecular complexity index is 547. The molecule has 0 aromatic heterocycles. The van der Waals surface area contributed by atoms with Crippen LogP contribution in [-0.4, -0.2) is 11.8 Å². The summed E-state index contributed by atoms with van der Waals surface area (Å²) in [4.78, 5) is 4.01. The number of nitrogens with one attached hydrogen (secondary N) is 2. The van der Waals surface area contributed by atoms with Crippen LogP contribution in [0.3, 0.4) is 0 Å². The van der Waals surface area contributed by atoms with Gasteiger partial charge in [-0.2, -0.15) is 4.99 Å². The number of rotatable bonds is 2. The number of hydrogen-bond acceptors (Lipinski definition) is 1. The summed E-state index contributed by atoms with van der Waals surface area (Å²) >= 11 is 0. The lowest BCUT2D eigenvalue weighted by Crippen LogP contribution is -2.23. The molecular formula is C14H14N4. The molecule has 0 aliphatic heterocycles. The number of nitrogens with two attached hydrogens (primary N) is 1. The predicted molar refractivity (Wildman–Crippen MR) is 75.0 cm³/mol. The second-order valence-electron chi connectivity index (χ2n) is 3.70. The van der Waals surface area contributed by atoms with Gasteiger partial charge in [-0.3, -0.25) is 5.41 Å². The summed E-state index contributed by atoms with van der Waals surface area (Å²) in [5, 5.41) is 10.7. The number of nitrogens with zero attached hydrogens (tertiary/aromatic N) is 1. The van der Waals surface area contributed by atoms with E-state index in [0.717, 1.165) is 11.3 Å². The SMILES string of the molecule is N=C(/N=C(\N)Nc1ccccc1)c1ccccc1. The highest BCUT2D eigenvalue weighted by Crippen LogP contribution is 2.05. The number of para-hydroxylation sites is 1. The molecule has 2 rings (SSSR count). The molecule has 4 heteroatoms. The Morgan fingerprint density at radius 1 is 0.944 bits per heavy atom. The van der Waals surface area contributed by atoms with Gasteiger partial charge in [0.05, 0.1) is 0 Å². The molecule has 0 bridgehead atoms. The van der Waals surface area contributed by atoms with Crippen LogP contribution in [0.2, 0.25) is 0 Å².